The smallest absolute Gasteiger partial charge is 0.243 e. The first kappa shape index (κ1) is 19.8. The standard InChI is InChI=1S/C21H23FN2O4S/c22-17-8-10-20(11-9-17)29(26,27)24-12-4-5-16(13-24)21(25)23-14-19(15-23)28-18-6-2-1-3-7-18/h1-3,6-11,16,19H,4-5,12-15H2. The summed E-state index contributed by atoms with van der Waals surface area (Å²) in [6.45, 7) is 1.53. The van der Waals surface area contributed by atoms with E-state index in [1.807, 2.05) is 30.3 Å². The first-order valence-corrected chi connectivity index (χ1v) is 11.1. The van der Waals surface area contributed by atoms with E-state index in [0.29, 0.717) is 32.5 Å². The lowest BCUT2D eigenvalue weighted by atomic mass is 9.96. The number of hydrogen-bond acceptors (Lipinski definition) is 4. The predicted molar refractivity (Wildman–Crippen MR) is 105 cm³/mol. The Bertz CT molecular complexity index is 960. The van der Waals surface area contributed by atoms with Crippen molar-refractivity contribution in [2.45, 2.75) is 23.8 Å². The van der Waals surface area contributed by atoms with Crippen molar-refractivity contribution in [2.75, 3.05) is 26.2 Å². The van der Waals surface area contributed by atoms with Crippen LogP contribution in [0.1, 0.15) is 12.8 Å². The van der Waals surface area contributed by atoms with Crippen LogP contribution in [-0.4, -0.2) is 55.8 Å². The molecule has 29 heavy (non-hydrogen) atoms. The quantitative estimate of drug-likeness (QED) is 0.748. The Morgan fingerprint density at radius 3 is 2.38 bits per heavy atom. The molecule has 2 aromatic rings. The number of amides is 1. The fourth-order valence-electron chi connectivity index (χ4n) is 3.76. The largest absolute Gasteiger partial charge is 0.487 e. The molecule has 154 valence electrons. The SMILES string of the molecule is O=C(C1CCCN(S(=O)(=O)c2ccc(F)cc2)C1)N1CC(Oc2ccccc2)C1. The molecule has 6 nitrogen and oxygen atoms in total. The molecule has 2 aliphatic heterocycles. The van der Waals surface area contributed by atoms with Gasteiger partial charge in [0.1, 0.15) is 17.7 Å². The van der Waals surface area contributed by atoms with Crippen molar-refractivity contribution >= 4 is 15.9 Å². The predicted octanol–water partition coefficient (Wildman–Crippen LogP) is 2.52. The van der Waals surface area contributed by atoms with Gasteiger partial charge in [-0.15, -0.1) is 0 Å². The molecule has 0 radical (unpaired) electrons. The lowest BCUT2D eigenvalue weighted by Gasteiger charge is -2.42. The number of benzene rings is 2. The molecule has 0 aliphatic carbocycles. The molecule has 1 amide bonds. The molecule has 2 aromatic carbocycles. The number of halogens is 1. The van der Waals surface area contributed by atoms with Crippen LogP contribution in [0.4, 0.5) is 4.39 Å². The van der Waals surface area contributed by atoms with Gasteiger partial charge in [-0.1, -0.05) is 18.2 Å². The first-order valence-electron chi connectivity index (χ1n) is 9.70. The van der Waals surface area contributed by atoms with Crippen molar-refractivity contribution in [3.8, 4) is 5.75 Å². The number of likely N-dealkylation sites (tertiary alicyclic amines) is 1. The fraction of sp³-hybridized carbons (Fsp3) is 0.381. The molecule has 0 bridgehead atoms. The van der Waals surface area contributed by atoms with Gasteiger partial charge in [0.05, 0.1) is 23.9 Å². The molecule has 0 N–H and O–H groups in total. The van der Waals surface area contributed by atoms with Crippen molar-refractivity contribution < 1.29 is 22.3 Å². The topological polar surface area (TPSA) is 66.9 Å². The maximum atomic E-state index is 13.1. The minimum Gasteiger partial charge on any atom is -0.487 e. The normalized spacial score (nSPS) is 20.9. The van der Waals surface area contributed by atoms with Gasteiger partial charge in [0, 0.05) is 13.1 Å². The minimum atomic E-state index is -3.74. The second-order valence-corrected chi connectivity index (χ2v) is 9.39. The molecule has 1 unspecified atom stereocenters. The van der Waals surface area contributed by atoms with Crippen molar-refractivity contribution in [1.29, 1.82) is 0 Å². The lowest BCUT2D eigenvalue weighted by molar-refractivity contribution is -0.145. The maximum absolute atomic E-state index is 13.1. The van der Waals surface area contributed by atoms with Gasteiger partial charge in [0.25, 0.3) is 0 Å². The summed E-state index contributed by atoms with van der Waals surface area (Å²) >= 11 is 0. The zero-order valence-corrected chi connectivity index (χ0v) is 16.7. The summed E-state index contributed by atoms with van der Waals surface area (Å²) in [6, 6.07) is 14.3. The summed E-state index contributed by atoms with van der Waals surface area (Å²) < 4.78 is 46.0. The van der Waals surface area contributed by atoms with E-state index in [9.17, 15) is 17.6 Å². The Morgan fingerprint density at radius 1 is 1.00 bits per heavy atom. The van der Waals surface area contributed by atoms with Gasteiger partial charge >= 0.3 is 0 Å². The molecule has 2 aliphatic rings. The van der Waals surface area contributed by atoms with E-state index in [1.54, 1.807) is 4.90 Å². The van der Waals surface area contributed by atoms with Crippen LogP contribution in [0.2, 0.25) is 0 Å². The van der Waals surface area contributed by atoms with E-state index in [2.05, 4.69) is 0 Å². The van der Waals surface area contributed by atoms with Crippen LogP contribution in [0.15, 0.2) is 59.5 Å². The van der Waals surface area contributed by atoms with Crippen molar-refractivity contribution in [1.82, 2.24) is 9.21 Å². The second kappa shape index (κ2) is 8.12. The third-order valence-corrected chi connectivity index (χ3v) is 7.27. The molecule has 0 saturated carbocycles. The number of hydrogen-bond donors (Lipinski definition) is 0. The van der Waals surface area contributed by atoms with Gasteiger partial charge < -0.3 is 9.64 Å². The van der Waals surface area contributed by atoms with E-state index >= 15 is 0 Å². The molecule has 2 heterocycles. The Morgan fingerprint density at radius 2 is 1.69 bits per heavy atom. The first-order chi connectivity index (χ1) is 13.9. The van der Waals surface area contributed by atoms with E-state index in [-0.39, 0.29) is 29.4 Å². The highest BCUT2D eigenvalue weighted by molar-refractivity contribution is 7.89. The van der Waals surface area contributed by atoms with E-state index in [0.717, 1.165) is 17.9 Å². The molecular formula is C21H23FN2O4S. The number of piperidine rings is 1. The van der Waals surface area contributed by atoms with Crippen LogP contribution in [-0.2, 0) is 14.8 Å². The minimum absolute atomic E-state index is 0.0306. The molecular weight excluding hydrogens is 395 g/mol. The van der Waals surface area contributed by atoms with Crippen LogP contribution in [0.5, 0.6) is 5.75 Å². The molecule has 0 spiro atoms. The van der Waals surface area contributed by atoms with Crippen LogP contribution in [0, 0.1) is 11.7 Å². The fourth-order valence-corrected chi connectivity index (χ4v) is 5.28. The number of para-hydroxylation sites is 1. The van der Waals surface area contributed by atoms with Crippen molar-refractivity contribution in [3.63, 3.8) is 0 Å². The zero-order chi connectivity index (χ0) is 20.4. The number of rotatable bonds is 5. The van der Waals surface area contributed by atoms with Crippen LogP contribution >= 0.6 is 0 Å². The highest BCUT2D eigenvalue weighted by Crippen LogP contribution is 2.27. The molecule has 2 fully saturated rings. The van der Waals surface area contributed by atoms with Crippen LogP contribution < -0.4 is 4.74 Å². The Labute approximate surface area is 169 Å². The molecule has 2 saturated heterocycles. The third-order valence-electron chi connectivity index (χ3n) is 5.39. The highest BCUT2D eigenvalue weighted by Gasteiger charge is 2.39. The van der Waals surface area contributed by atoms with E-state index < -0.39 is 15.8 Å². The number of nitrogens with zero attached hydrogens (tertiary/aromatic N) is 2. The molecule has 0 aromatic heterocycles. The Hall–Kier alpha value is -2.45. The van der Waals surface area contributed by atoms with Crippen molar-refractivity contribution in [2.24, 2.45) is 5.92 Å². The summed E-state index contributed by atoms with van der Waals surface area (Å²) in [5.41, 5.74) is 0. The summed E-state index contributed by atoms with van der Waals surface area (Å²) in [4.78, 5) is 14.6. The summed E-state index contributed by atoms with van der Waals surface area (Å²) in [5.74, 6) is -0.104. The lowest BCUT2D eigenvalue weighted by Crippen LogP contribution is -2.59. The number of sulfonamides is 1. The summed E-state index contributed by atoms with van der Waals surface area (Å²) in [5, 5.41) is 0. The Kier molecular flexibility index (Phi) is 5.56. The van der Waals surface area contributed by atoms with Gasteiger partial charge in [-0.2, -0.15) is 4.31 Å². The summed E-state index contributed by atoms with van der Waals surface area (Å²) in [6.07, 6.45) is 1.24. The second-order valence-electron chi connectivity index (χ2n) is 7.45. The average Bonchev–Trinajstić information content (AvgIpc) is 2.71. The van der Waals surface area contributed by atoms with Gasteiger partial charge in [-0.3, -0.25) is 4.79 Å². The zero-order valence-electron chi connectivity index (χ0n) is 15.9. The van der Waals surface area contributed by atoms with Gasteiger partial charge in [0.15, 0.2) is 0 Å². The summed E-state index contributed by atoms with van der Waals surface area (Å²) in [7, 11) is -3.74. The Balaban J connectivity index is 1.35. The molecule has 8 heteroatoms. The monoisotopic (exact) mass is 418 g/mol. The number of ether oxygens (including phenoxy) is 1. The van der Waals surface area contributed by atoms with Gasteiger partial charge in [-0.25, -0.2) is 12.8 Å². The van der Waals surface area contributed by atoms with Gasteiger partial charge in [-0.05, 0) is 49.2 Å². The number of carbonyl (C=O) groups is 1. The average molecular weight is 418 g/mol. The van der Waals surface area contributed by atoms with E-state index in [1.165, 1.54) is 16.4 Å². The van der Waals surface area contributed by atoms with E-state index in [4.69, 9.17) is 4.74 Å². The molecule has 4 rings (SSSR count). The van der Waals surface area contributed by atoms with Gasteiger partial charge in [0.2, 0.25) is 15.9 Å². The molecule has 1 atom stereocenters. The number of carbonyl (C=O) groups excluding carboxylic acids is 1. The van der Waals surface area contributed by atoms with Crippen molar-refractivity contribution in [3.05, 3.63) is 60.4 Å². The highest BCUT2D eigenvalue weighted by atomic mass is 32.2. The van der Waals surface area contributed by atoms with Crippen LogP contribution in [0.3, 0.4) is 0 Å². The third kappa shape index (κ3) is 4.28. The van der Waals surface area contributed by atoms with Crippen LogP contribution in [0.25, 0.3) is 0 Å². The maximum Gasteiger partial charge on any atom is 0.243 e.